The monoisotopic (exact) mass is 487 g/mol. The molecule has 0 bridgehead atoms. The van der Waals surface area contributed by atoms with Gasteiger partial charge in [-0.2, -0.15) is 8.78 Å². The molecule has 4 atom stereocenters. The number of fused-ring (bicyclic) bond motifs is 1. The Bertz CT molecular complexity index is 1040. The van der Waals surface area contributed by atoms with E-state index in [4.69, 9.17) is 0 Å². The van der Waals surface area contributed by atoms with E-state index in [1.54, 1.807) is 12.1 Å². The predicted molar refractivity (Wildman–Crippen MR) is 130 cm³/mol. The van der Waals surface area contributed by atoms with Gasteiger partial charge in [0.25, 0.3) is 0 Å². The minimum atomic E-state index is -3.44. The third-order valence-electron chi connectivity index (χ3n) is 7.25. The summed E-state index contributed by atoms with van der Waals surface area (Å²) < 4.78 is 29.8. The van der Waals surface area contributed by atoms with Crippen molar-refractivity contribution in [3.63, 3.8) is 0 Å². The molecule has 6 nitrogen and oxygen atoms in total. The van der Waals surface area contributed by atoms with Crippen molar-refractivity contribution in [1.29, 1.82) is 0 Å². The molecule has 1 aliphatic carbocycles. The van der Waals surface area contributed by atoms with Crippen molar-refractivity contribution in [3.8, 4) is 0 Å². The molecule has 3 aliphatic rings. The summed E-state index contributed by atoms with van der Waals surface area (Å²) in [6, 6.07) is 5.73. The number of amides is 1. The smallest absolute Gasteiger partial charge is 0.311 e. The number of halogens is 2. The summed E-state index contributed by atoms with van der Waals surface area (Å²) in [5.74, 6) is -3.55. The Morgan fingerprint density at radius 1 is 1.17 bits per heavy atom. The van der Waals surface area contributed by atoms with Crippen LogP contribution in [0.5, 0.6) is 0 Å². The second-order valence-corrected chi connectivity index (χ2v) is 10.8. The van der Waals surface area contributed by atoms with Crippen LogP contribution in [-0.2, 0) is 16.1 Å². The summed E-state index contributed by atoms with van der Waals surface area (Å²) in [6.45, 7) is 10.9. The highest BCUT2D eigenvalue weighted by atomic mass is 19.3. The van der Waals surface area contributed by atoms with Crippen LogP contribution in [0.2, 0.25) is 0 Å². The van der Waals surface area contributed by atoms with Gasteiger partial charge in [-0.3, -0.25) is 10.1 Å². The molecule has 4 N–H and O–H groups in total. The second-order valence-electron chi connectivity index (χ2n) is 10.8. The van der Waals surface area contributed by atoms with E-state index in [0.29, 0.717) is 25.8 Å². The highest BCUT2D eigenvalue weighted by Gasteiger charge is 2.42. The van der Waals surface area contributed by atoms with Crippen LogP contribution in [0, 0.1) is 5.92 Å². The number of hydrogen-bond acceptors (Lipinski definition) is 5. The van der Waals surface area contributed by atoms with Crippen molar-refractivity contribution in [2.24, 2.45) is 5.92 Å². The largest absolute Gasteiger partial charge is 0.374 e. The molecule has 1 amide bonds. The number of carbonyl (C=O) groups excluding carboxylic acids is 1. The minimum absolute atomic E-state index is 0.103. The zero-order chi connectivity index (χ0) is 25.5. The number of benzene rings is 1. The zero-order valence-electron chi connectivity index (χ0n) is 20.5. The van der Waals surface area contributed by atoms with E-state index in [-0.39, 0.29) is 35.4 Å². The van der Waals surface area contributed by atoms with Gasteiger partial charge in [0, 0.05) is 30.3 Å². The topological polar surface area (TPSA) is 84.8 Å². The summed E-state index contributed by atoms with van der Waals surface area (Å²) >= 11 is 0. The number of alkyl halides is 2. The number of piperidine rings is 1. The third kappa shape index (κ3) is 5.20. The summed E-state index contributed by atoms with van der Waals surface area (Å²) in [6.07, 6.45) is 2.64. The van der Waals surface area contributed by atoms with E-state index in [1.165, 1.54) is 12.1 Å². The number of carbonyl (C=O) groups is 1. The number of hydrogen-bond donors (Lipinski definition) is 4. The fraction of sp³-hybridized carbons (Fsp3) is 0.519. The fourth-order valence-corrected chi connectivity index (χ4v) is 5.08. The molecule has 8 heteroatoms. The van der Waals surface area contributed by atoms with Gasteiger partial charge in [0.2, 0.25) is 5.91 Å². The quantitative estimate of drug-likeness (QED) is 0.463. The molecule has 1 aromatic rings. The molecule has 0 aromatic heterocycles. The van der Waals surface area contributed by atoms with Crippen molar-refractivity contribution in [1.82, 2.24) is 15.5 Å². The van der Waals surface area contributed by atoms with Crippen molar-refractivity contribution >= 4 is 5.91 Å². The van der Waals surface area contributed by atoms with E-state index in [9.17, 15) is 23.8 Å². The van der Waals surface area contributed by atoms with E-state index in [2.05, 4.69) is 17.2 Å². The number of rotatable bonds is 6. The Labute approximate surface area is 205 Å². The molecular formula is C27H35F2N3O3. The molecule has 2 fully saturated rings. The maximum atomic E-state index is 14.9. The van der Waals surface area contributed by atoms with Crippen LogP contribution in [0.25, 0.3) is 0 Å². The molecule has 4 unspecified atom stereocenters. The molecule has 190 valence electrons. The molecule has 4 rings (SSSR count). The SMILES string of the molecule is C=C1C2=CC=C(CNC(O)C(F)(F)c3ccc(C(C)(C)C)cc3)CC2CN1C1CCC(O)NC1=O. The Morgan fingerprint density at radius 2 is 1.83 bits per heavy atom. The van der Waals surface area contributed by atoms with E-state index < -0.39 is 18.4 Å². The Morgan fingerprint density at radius 3 is 2.46 bits per heavy atom. The third-order valence-corrected chi connectivity index (χ3v) is 7.25. The first-order valence-electron chi connectivity index (χ1n) is 12.1. The average molecular weight is 488 g/mol. The first-order valence-corrected chi connectivity index (χ1v) is 12.1. The Kier molecular flexibility index (Phi) is 6.92. The summed E-state index contributed by atoms with van der Waals surface area (Å²) in [5, 5.41) is 25.1. The Hall–Kier alpha value is -2.55. The number of aliphatic hydroxyl groups is 2. The van der Waals surface area contributed by atoms with Crippen molar-refractivity contribution < 1.29 is 23.8 Å². The van der Waals surface area contributed by atoms with Gasteiger partial charge in [-0.1, -0.05) is 69.3 Å². The van der Waals surface area contributed by atoms with Crippen molar-refractivity contribution in [2.75, 3.05) is 13.1 Å². The number of allylic oxidation sites excluding steroid dienone is 3. The molecule has 0 spiro atoms. The summed E-state index contributed by atoms with van der Waals surface area (Å²) in [7, 11) is 0. The van der Waals surface area contributed by atoms with Gasteiger partial charge in [0.15, 0.2) is 6.23 Å². The molecule has 35 heavy (non-hydrogen) atoms. The molecule has 2 aliphatic heterocycles. The maximum absolute atomic E-state index is 14.9. The molecule has 0 radical (unpaired) electrons. The lowest BCUT2D eigenvalue weighted by molar-refractivity contribution is -0.132. The lowest BCUT2D eigenvalue weighted by Crippen LogP contribution is -2.53. The number of aliphatic hydroxyl groups excluding tert-OH is 2. The minimum Gasteiger partial charge on any atom is -0.374 e. The summed E-state index contributed by atoms with van der Waals surface area (Å²) in [4.78, 5) is 14.3. The fourth-order valence-electron chi connectivity index (χ4n) is 5.08. The summed E-state index contributed by atoms with van der Waals surface area (Å²) in [5.41, 5.74) is 3.30. The van der Waals surface area contributed by atoms with Gasteiger partial charge in [0.05, 0.1) is 0 Å². The van der Waals surface area contributed by atoms with Gasteiger partial charge in [-0.05, 0) is 35.8 Å². The van der Waals surface area contributed by atoms with Crippen LogP contribution in [0.3, 0.4) is 0 Å². The molecule has 2 heterocycles. The zero-order valence-corrected chi connectivity index (χ0v) is 20.5. The second kappa shape index (κ2) is 9.48. The van der Waals surface area contributed by atoms with Crippen LogP contribution in [0.15, 0.2) is 59.8 Å². The standard InChI is InChI=1S/C27H35F2N3O3/c1-16-21-10-5-17(13-18(21)15-32(16)22-11-12-23(33)31-24(22)34)14-30-25(35)27(28,29)20-8-6-19(7-9-20)26(2,3)4/h5-10,18,22-23,25,30,33,35H,1,11-15H2,2-4H3,(H,31,34). The number of nitrogens with zero attached hydrogens (tertiary/aromatic N) is 1. The van der Waals surface area contributed by atoms with E-state index in [1.807, 2.05) is 37.8 Å². The van der Waals surface area contributed by atoms with Crippen LogP contribution in [-0.4, -0.2) is 52.6 Å². The Balaban J connectivity index is 1.35. The van der Waals surface area contributed by atoms with Gasteiger partial charge in [-0.25, -0.2) is 0 Å². The van der Waals surface area contributed by atoms with Gasteiger partial charge in [-0.15, -0.1) is 0 Å². The molecule has 2 saturated heterocycles. The molecule has 0 saturated carbocycles. The number of nitrogens with one attached hydrogen (secondary N) is 2. The lowest BCUT2D eigenvalue weighted by Gasteiger charge is -2.34. The molecule has 1 aromatic carbocycles. The van der Waals surface area contributed by atoms with Crippen molar-refractivity contribution in [3.05, 3.63) is 71.0 Å². The highest BCUT2D eigenvalue weighted by molar-refractivity contribution is 5.83. The van der Waals surface area contributed by atoms with Crippen LogP contribution in [0.1, 0.15) is 51.2 Å². The molecular weight excluding hydrogens is 452 g/mol. The normalized spacial score (nSPS) is 26.1. The highest BCUT2D eigenvalue weighted by Crippen LogP contribution is 2.40. The van der Waals surface area contributed by atoms with E-state index in [0.717, 1.165) is 22.4 Å². The maximum Gasteiger partial charge on any atom is 0.311 e. The first kappa shape index (κ1) is 25.5. The van der Waals surface area contributed by atoms with Crippen LogP contribution < -0.4 is 10.6 Å². The van der Waals surface area contributed by atoms with Crippen LogP contribution >= 0.6 is 0 Å². The first-order chi connectivity index (χ1) is 16.4. The average Bonchev–Trinajstić information content (AvgIpc) is 3.12. The van der Waals surface area contributed by atoms with Gasteiger partial charge in [0.1, 0.15) is 12.3 Å². The van der Waals surface area contributed by atoms with E-state index >= 15 is 0 Å². The predicted octanol–water partition coefficient (Wildman–Crippen LogP) is 3.28. The van der Waals surface area contributed by atoms with Gasteiger partial charge >= 0.3 is 5.92 Å². The van der Waals surface area contributed by atoms with Crippen molar-refractivity contribution in [2.45, 2.75) is 69.9 Å². The van der Waals surface area contributed by atoms with Crippen LogP contribution in [0.4, 0.5) is 8.78 Å². The van der Waals surface area contributed by atoms with Gasteiger partial charge < -0.3 is 20.4 Å². The lowest BCUT2D eigenvalue weighted by atomic mass is 9.86. The number of likely N-dealkylation sites (tertiary alicyclic amines) is 1.